The Balaban J connectivity index is 1.78. The van der Waals surface area contributed by atoms with Crippen molar-refractivity contribution in [3.05, 3.63) is 58.3 Å². The second-order valence-electron chi connectivity index (χ2n) is 6.02. The molecule has 1 N–H and O–H groups in total. The SMILES string of the molecule is CCN1CCN(c2ccccc2NC(=O)c2ccc(Br)cc2F)CC1. The normalized spacial score (nSPS) is 15.2. The fourth-order valence-corrected chi connectivity index (χ4v) is 3.36. The summed E-state index contributed by atoms with van der Waals surface area (Å²) >= 11 is 3.20. The highest BCUT2D eigenvalue weighted by Crippen LogP contribution is 2.27. The maximum Gasteiger partial charge on any atom is 0.258 e. The molecule has 0 atom stereocenters. The Kier molecular flexibility index (Phi) is 5.71. The third kappa shape index (κ3) is 4.19. The molecule has 1 amide bonds. The molecule has 3 rings (SSSR count). The number of halogens is 2. The molecule has 1 fully saturated rings. The first-order valence-corrected chi connectivity index (χ1v) is 9.20. The van der Waals surface area contributed by atoms with E-state index >= 15 is 0 Å². The molecule has 1 saturated heterocycles. The molecule has 6 heteroatoms. The van der Waals surface area contributed by atoms with Crippen LogP contribution in [0, 0.1) is 5.82 Å². The summed E-state index contributed by atoms with van der Waals surface area (Å²) in [7, 11) is 0. The van der Waals surface area contributed by atoms with Crippen molar-refractivity contribution < 1.29 is 9.18 Å². The number of nitrogens with one attached hydrogen (secondary N) is 1. The van der Waals surface area contributed by atoms with Crippen LogP contribution in [0.2, 0.25) is 0 Å². The lowest BCUT2D eigenvalue weighted by Crippen LogP contribution is -2.46. The number of carbonyl (C=O) groups excluding carboxylic acids is 1. The van der Waals surface area contributed by atoms with E-state index in [1.807, 2.05) is 24.3 Å². The molecule has 1 aliphatic rings. The topological polar surface area (TPSA) is 35.6 Å². The number of nitrogens with zero attached hydrogens (tertiary/aromatic N) is 2. The van der Waals surface area contributed by atoms with Crippen LogP contribution in [0.15, 0.2) is 46.9 Å². The van der Waals surface area contributed by atoms with Crippen LogP contribution in [-0.2, 0) is 0 Å². The molecule has 25 heavy (non-hydrogen) atoms. The second kappa shape index (κ2) is 7.97. The standard InChI is InChI=1S/C19H21BrFN3O/c1-2-23-9-11-24(12-10-23)18-6-4-3-5-17(18)22-19(25)15-8-7-14(20)13-16(15)21/h3-8,13H,2,9-12H2,1H3,(H,22,25). The van der Waals surface area contributed by atoms with E-state index in [9.17, 15) is 9.18 Å². The summed E-state index contributed by atoms with van der Waals surface area (Å²) in [4.78, 5) is 17.1. The maximum absolute atomic E-state index is 14.0. The molecule has 2 aromatic rings. The van der Waals surface area contributed by atoms with Gasteiger partial charge in [-0.2, -0.15) is 0 Å². The number of piperazine rings is 1. The summed E-state index contributed by atoms with van der Waals surface area (Å²) in [5.41, 5.74) is 1.72. The summed E-state index contributed by atoms with van der Waals surface area (Å²) in [6.45, 7) is 7.03. The summed E-state index contributed by atoms with van der Waals surface area (Å²) in [6.07, 6.45) is 0. The molecule has 0 aliphatic carbocycles. The molecule has 2 aromatic carbocycles. The van der Waals surface area contributed by atoms with E-state index in [0.717, 1.165) is 38.4 Å². The minimum Gasteiger partial charge on any atom is -0.367 e. The fraction of sp³-hybridized carbons (Fsp3) is 0.316. The van der Waals surface area contributed by atoms with Gasteiger partial charge in [-0.05, 0) is 36.9 Å². The minimum absolute atomic E-state index is 0.0359. The first-order chi connectivity index (χ1) is 12.1. The highest BCUT2D eigenvalue weighted by atomic mass is 79.9. The molecule has 1 aliphatic heterocycles. The number of anilines is 2. The van der Waals surface area contributed by atoms with Gasteiger partial charge in [0.25, 0.3) is 5.91 Å². The predicted molar refractivity (Wildman–Crippen MR) is 103 cm³/mol. The molecule has 1 heterocycles. The predicted octanol–water partition coefficient (Wildman–Crippen LogP) is 3.98. The Bertz CT molecular complexity index is 760. The van der Waals surface area contributed by atoms with Gasteiger partial charge in [0.15, 0.2) is 0 Å². The molecule has 0 radical (unpaired) electrons. The average Bonchev–Trinajstić information content (AvgIpc) is 2.62. The van der Waals surface area contributed by atoms with Gasteiger partial charge in [-0.15, -0.1) is 0 Å². The van der Waals surface area contributed by atoms with Crippen molar-refractivity contribution in [1.29, 1.82) is 0 Å². The quantitative estimate of drug-likeness (QED) is 0.835. The van der Waals surface area contributed by atoms with Crippen molar-refractivity contribution in [2.75, 3.05) is 42.9 Å². The zero-order valence-corrected chi connectivity index (χ0v) is 15.7. The Morgan fingerprint density at radius 1 is 1.16 bits per heavy atom. The summed E-state index contributed by atoms with van der Waals surface area (Å²) in [5, 5.41) is 2.86. The molecule has 0 bridgehead atoms. The van der Waals surface area contributed by atoms with Crippen LogP contribution in [-0.4, -0.2) is 43.5 Å². The van der Waals surface area contributed by atoms with Crippen LogP contribution in [0.4, 0.5) is 15.8 Å². The van der Waals surface area contributed by atoms with Gasteiger partial charge in [0.1, 0.15) is 5.82 Å². The lowest BCUT2D eigenvalue weighted by molar-refractivity contribution is 0.102. The zero-order valence-electron chi connectivity index (χ0n) is 14.1. The molecule has 4 nitrogen and oxygen atoms in total. The van der Waals surface area contributed by atoms with Gasteiger partial charge in [0.2, 0.25) is 0 Å². The van der Waals surface area contributed by atoms with Crippen molar-refractivity contribution in [2.24, 2.45) is 0 Å². The molecule has 132 valence electrons. The highest BCUT2D eigenvalue weighted by Gasteiger charge is 2.20. The van der Waals surface area contributed by atoms with Gasteiger partial charge in [-0.25, -0.2) is 4.39 Å². The number of hydrogen-bond donors (Lipinski definition) is 1. The van der Waals surface area contributed by atoms with Crippen LogP contribution in [0.1, 0.15) is 17.3 Å². The van der Waals surface area contributed by atoms with Gasteiger partial charge < -0.3 is 15.1 Å². The fourth-order valence-electron chi connectivity index (χ4n) is 3.02. The van der Waals surface area contributed by atoms with Gasteiger partial charge >= 0.3 is 0 Å². The Morgan fingerprint density at radius 3 is 2.56 bits per heavy atom. The van der Waals surface area contributed by atoms with Gasteiger partial charge in [0, 0.05) is 30.7 Å². The first-order valence-electron chi connectivity index (χ1n) is 8.41. The number of benzene rings is 2. The van der Waals surface area contributed by atoms with Gasteiger partial charge in [-0.1, -0.05) is 35.0 Å². The van der Waals surface area contributed by atoms with Crippen LogP contribution in [0.25, 0.3) is 0 Å². The third-order valence-electron chi connectivity index (χ3n) is 4.49. The second-order valence-corrected chi connectivity index (χ2v) is 6.93. The summed E-state index contributed by atoms with van der Waals surface area (Å²) < 4.78 is 14.6. The largest absolute Gasteiger partial charge is 0.367 e. The summed E-state index contributed by atoms with van der Waals surface area (Å²) in [5.74, 6) is -0.981. The number of hydrogen-bond acceptors (Lipinski definition) is 3. The molecule has 0 unspecified atom stereocenters. The monoisotopic (exact) mass is 405 g/mol. The van der Waals surface area contributed by atoms with E-state index in [1.165, 1.54) is 12.1 Å². The van der Waals surface area contributed by atoms with Crippen LogP contribution < -0.4 is 10.2 Å². The number of likely N-dealkylation sites (N-methyl/N-ethyl adjacent to an activating group) is 1. The minimum atomic E-state index is -0.541. The van der Waals surface area contributed by atoms with Crippen molar-refractivity contribution in [1.82, 2.24) is 4.90 Å². The number of para-hydroxylation sites is 2. The van der Waals surface area contributed by atoms with Crippen molar-refractivity contribution in [2.45, 2.75) is 6.92 Å². The summed E-state index contributed by atoms with van der Waals surface area (Å²) in [6, 6.07) is 12.1. The van der Waals surface area contributed by atoms with E-state index in [-0.39, 0.29) is 5.56 Å². The molecule has 0 spiro atoms. The Labute approximate surface area is 155 Å². The number of carbonyl (C=O) groups is 1. The lowest BCUT2D eigenvalue weighted by atomic mass is 10.1. The molecular weight excluding hydrogens is 385 g/mol. The van der Waals surface area contributed by atoms with E-state index in [4.69, 9.17) is 0 Å². The van der Waals surface area contributed by atoms with Gasteiger partial charge in [0.05, 0.1) is 16.9 Å². The Morgan fingerprint density at radius 2 is 1.88 bits per heavy atom. The van der Waals surface area contributed by atoms with Crippen LogP contribution in [0.5, 0.6) is 0 Å². The number of rotatable bonds is 4. The van der Waals surface area contributed by atoms with E-state index in [2.05, 4.69) is 38.0 Å². The van der Waals surface area contributed by atoms with E-state index in [1.54, 1.807) is 6.07 Å². The Hall–Kier alpha value is -1.92. The average molecular weight is 406 g/mol. The van der Waals surface area contributed by atoms with Crippen molar-refractivity contribution >= 4 is 33.2 Å². The van der Waals surface area contributed by atoms with E-state index < -0.39 is 11.7 Å². The molecule has 0 aromatic heterocycles. The van der Waals surface area contributed by atoms with Crippen molar-refractivity contribution in [3.63, 3.8) is 0 Å². The first kappa shape index (κ1) is 17.9. The van der Waals surface area contributed by atoms with Crippen LogP contribution >= 0.6 is 15.9 Å². The van der Waals surface area contributed by atoms with Gasteiger partial charge in [-0.3, -0.25) is 4.79 Å². The van der Waals surface area contributed by atoms with E-state index in [0.29, 0.717) is 10.2 Å². The zero-order chi connectivity index (χ0) is 17.8. The third-order valence-corrected chi connectivity index (χ3v) is 4.98. The van der Waals surface area contributed by atoms with Crippen LogP contribution in [0.3, 0.4) is 0 Å². The molecule has 0 saturated carbocycles. The lowest BCUT2D eigenvalue weighted by Gasteiger charge is -2.36. The maximum atomic E-state index is 14.0. The molecular formula is C19H21BrFN3O. The van der Waals surface area contributed by atoms with Crippen molar-refractivity contribution in [3.8, 4) is 0 Å². The highest BCUT2D eigenvalue weighted by molar-refractivity contribution is 9.10. The number of amides is 1. The smallest absolute Gasteiger partial charge is 0.258 e.